The summed E-state index contributed by atoms with van der Waals surface area (Å²) < 4.78 is 0. The van der Waals surface area contributed by atoms with Gasteiger partial charge in [0, 0.05) is 26.6 Å². The average Bonchev–Trinajstić information content (AvgIpc) is 2.52. The van der Waals surface area contributed by atoms with Crippen molar-refractivity contribution < 1.29 is 9.59 Å². The molecule has 0 bridgehead atoms. The smallest absolute Gasteiger partial charge is 0.241 e. The summed E-state index contributed by atoms with van der Waals surface area (Å²) in [5.41, 5.74) is 0. The highest BCUT2D eigenvalue weighted by atomic mass is 16.2. The van der Waals surface area contributed by atoms with Crippen molar-refractivity contribution in [3.63, 3.8) is 0 Å². The minimum absolute atomic E-state index is 0.0736. The minimum atomic E-state index is -0.0875. The molecular formula is C12H19N3O2. The maximum Gasteiger partial charge on any atom is 0.241 e. The van der Waals surface area contributed by atoms with Gasteiger partial charge in [0.25, 0.3) is 0 Å². The number of carbonyl (C=O) groups excluding carboxylic acids is 2. The van der Waals surface area contributed by atoms with E-state index in [4.69, 9.17) is 5.26 Å². The summed E-state index contributed by atoms with van der Waals surface area (Å²) in [5.74, 6) is -0.0139. The first-order valence-electron chi connectivity index (χ1n) is 6.04. The number of carbonyl (C=O) groups is 2. The predicted octanol–water partition coefficient (Wildman–Crippen LogP) is 0.761. The van der Waals surface area contributed by atoms with E-state index in [1.54, 1.807) is 11.9 Å². The second-order valence-electron chi connectivity index (χ2n) is 4.35. The SMILES string of the molecule is CN(CCC#N)C(=O)CN1CCCCCC1=O. The van der Waals surface area contributed by atoms with Crippen LogP contribution in [0.3, 0.4) is 0 Å². The molecule has 17 heavy (non-hydrogen) atoms. The molecule has 0 spiro atoms. The zero-order valence-corrected chi connectivity index (χ0v) is 10.3. The lowest BCUT2D eigenvalue weighted by Gasteiger charge is -2.23. The number of likely N-dealkylation sites (N-methyl/N-ethyl adjacent to an activating group) is 1. The van der Waals surface area contributed by atoms with E-state index in [2.05, 4.69) is 0 Å². The number of rotatable bonds is 4. The van der Waals surface area contributed by atoms with Crippen LogP contribution in [0.25, 0.3) is 0 Å². The fourth-order valence-electron chi connectivity index (χ4n) is 1.83. The Labute approximate surface area is 102 Å². The topological polar surface area (TPSA) is 64.4 Å². The van der Waals surface area contributed by atoms with Gasteiger partial charge in [-0.15, -0.1) is 0 Å². The van der Waals surface area contributed by atoms with E-state index in [0.717, 1.165) is 19.3 Å². The van der Waals surface area contributed by atoms with E-state index in [1.807, 2.05) is 6.07 Å². The van der Waals surface area contributed by atoms with Crippen molar-refractivity contribution in [1.29, 1.82) is 5.26 Å². The Morgan fingerprint density at radius 1 is 1.47 bits per heavy atom. The zero-order chi connectivity index (χ0) is 12.7. The number of likely N-dealkylation sites (tertiary alicyclic amines) is 1. The number of nitrogens with zero attached hydrogens (tertiary/aromatic N) is 3. The first-order valence-corrected chi connectivity index (χ1v) is 6.04. The van der Waals surface area contributed by atoms with E-state index < -0.39 is 0 Å². The fourth-order valence-corrected chi connectivity index (χ4v) is 1.83. The summed E-state index contributed by atoms with van der Waals surface area (Å²) in [7, 11) is 1.67. The lowest BCUT2D eigenvalue weighted by atomic mass is 10.2. The van der Waals surface area contributed by atoms with E-state index in [0.29, 0.717) is 25.9 Å². The van der Waals surface area contributed by atoms with Gasteiger partial charge in [0.1, 0.15) is 0 Å². The molecule has 1 saturated heterocycles. The van der Waals surface area contributed by atoms with Crippen LogP contribution < -0.4 is 0 Å². The molecule has 0 aliphatic carbocycles. The van der Waals surface area contributed by atoms with Crippen LogP contribution in [-0.4, -0.2) is 48.3 Å². The fraction of sp³-hybridized carbons (Fsp3) is 0.750. The molecule has 0 saturated carbocycles. The Balaban J connectivity index is 2.43. The van der Waals surface area contributed by atoms with Crippen molar-refractivity contribution in [2.24, 2.45) is 0 Å². The molecule has 0 N–H and O–H groups in total. The Kier molecular flexibility index (Phi) is 5.47. The standard InChI is InChI=1S/C12H19N3O2/c1-14(8-5-7-13)12(17)10-15-9-4-2-3-6-11(15)16/h2-6,8-10H2,1H3. The van der Waals surface area contributed by atoms with E-state index >= 15 is 0 Å². The van der Waals surface area contributed by atoms with E-state index in [-0.39, 0.29) is 18.4 Å². The van der Waals surface area contributed by atoms with Gasteiger partial charge in [0.15, 0.2) is 0 Å². The number of hydrogen-bond acceptors (Lipinski definition) is 3. The number of amides is 2. The second kappa shape index (κ2) is 6.89. The predicted molar refractivity (Wildman–Crippen MR) is 62.9 cm³/mol. The lowest BCUT2D eigenvalue weighted by Crippen LogP contribution is -2.41. The Morgan fingerprint density at radius 2 is 2.24 bits per heavy atom. The summed E-state index contributed by atoms with van der Waals surface area (Å²) in [6.45, 7) is 1.26. The van der Waals surface area contributed by atoms with Crippen LogP contribution in [0.5, 0.6) is 0 Å². The number of nitriles is 1. The summed E-state index contributed by atoms with van der Waals surface area (Å²) in [6, 6.07) is 2.00. The van der Waals surface area contributed by atoms with Gasteiger partial charge in [0.2, 0.25) is 11.8 Å². The van der Waals surface area contributed by atoms with Crippen molar-refractivity contribution in [2.45, 2.75) is 32.1 Å². The van der Waals surface area contributed by atoms with Crippen molar-refractivity contribution in [2.75, 3.05) is 26.7 Å². The van der Waals surface area contributed by atoms with E-state index in [9.17, 15) is 9.59 Å². The van der Waals surface area contributed by atoms with Crippen LogP contribution in [0.1, 0.15) is 32.1 Å². The molecule has 0 aromatic rings. The molecule has 0 aromatic heterocycles. The zero-order valence-electron chi connectivity index (χ0n) is 10.3. The third kappa shape index (κ3) is 4.43. The maximum atomic E-state index is 11.8. The molecule has 1 heterocycles. The molecule has 0 atom stereocenters. The van der Waals surface area contributed by atoms with Crippen LogP contribution >= 0.6 is 0 Å². The molecule has 1 aliphatic heterocycles. The molecule has 0 aromatic carbocycles. The van der Waals surface area contributed by atoms with E-state index in [1.165, 1.54) is 4.90 Å². The normalized spacial score (nSPS) is 16.2. The van der Waals surface area contributed by atoms with Crippen LogP contribution in [0.15, 0.2) is 0 Å². The first kappa shape index (κ1) is 13.5. The molecule has 1 fully saturated rings. The molecular weight excluding hydrogens is 218 g/mol. The molecule has 5 heteroatoms. The van der Waals surface area contributed by atoms with Gasteiger partial charge < -0.3 is 9.80 Å². The molecule has 0 radical (unpaired) electrons. The quantitative estimate of drug-likeness (QED) is 0.725. The number of hydrogen-bond donors (Lipinski definition) is 0. The van der Waals surface area contributed by atoms with Crippen molar-refractivity contribution in [3.8, 4) is 6.07 Å². The van der Waals surface area contributed by atoms with Gasteiger partial charge in [-0.1, -0.05) is 6.42 Å². The summed E-state index contributed by atoms with van der Waals surface area (Å²) in [5, 5.41) is 8.45. The molecule has 1 aliphatic rings. The van der Waals surface area contributed by atoms with Crippen molar-refractivity contribution in [1.82, 2.24) is 9.80 Å². The summed E-state index contributed by atoms with van der Waals surface area (Å²) in [6.07, 6.45) is 3.83. The summed E-state index contributed by atoms with van der Waals surface area (Å²) >= 11 is 0. The molecule has 1 rings (SSSR count). The third-order valence-electron chi connectivity index (χ3n) is 2.98. The largest absolute Gasteiger partial charge is 0.343 e. The second-order valence-corrected chi connectivity index (χ2v) is 4.35. The highest BCUT2D eigenvalue weighted by molar-refractivity contribution is 5.84. The summed E-state index contributed by atoms with van der Waals surface area (Å²) in [4.78, 5) is 26.6. The Morgan fingerprint density at radius 3 is 2.94 bits per heavy atom. The lowest BCUT2D eigenvalue weighted by molar-refractivity contribution is -0.139. The monoisotopic (exact) mass is 237 g/mol. The van der Waals surface area contributed by atoms with Gasteiger partial charge in [-0.3, -0.25) is 9.59 Å². The molecule has 2 amide bonds. The van der Waals surface area contributed by atoms with Crippen molar-refractivity contribution in [3.05, 3.63) is 0 Å². The van der Waals surface area contributed by atoms with Crippen LogP contribution in [0.2, 0.25) is 0 Å². The highest BCUT2D eigenvalue weighted by Gasteiger charge is 2.20. The van der Waals surface area contributed by atoms with Gasteiger partial charge >= 0.3 is 0 Å². The van der Waals surface area contributed by atoms with Crippen molar-refractivity contribution >= 4 is 11.8 Å². The van der Waals surface area contributed by atoms with Gasteiger partial charge in [-0.05, 0) is 12.8 Å². The molecule has 5 nitrogen and oxygen atoms in total. The Bertz CT molecular complexity index is 322. The average molecular weight is 237 g/mol. The first-order chi connectivity index (χ1) is 8.15. The van der Waals surface area contributed by atoms with Gasteiger partial charge in [-0.25, -0.2) is 0 Å². The Hall–Kier alpha value is -1.57. The van der Waals surface area contributed by atoms with Gasteiger partial charge in [-0.2, -0.15) is 5.26 Å². The van der Waals surface area contributed by atoms with Gasteiger partial charge in [0.05, 0.1) is 19.0 Å². The molecule has 94 valence electrons. The van der Waals surface area contributed by atoms with Crippen LogP contribution in [0, 0.1) is 11.3 Å². The van der Waals surface area contributed by atoms with Crippen LogP contribution in [-0.2, 0) is 9.59 Å². The maximum absolute atomic E-state index is 11.8. The minimum Gasteiger partial charge on any atom is -0.343 e. The van der Waals surface area contributed by atoms with Crippen LogP contribution in [0.4, 0.5) is 0 Å². The highest BCUT2D eigenvalue weighted by Crippen LogP contribution is 2.11. The third-order valence-corrected chi connectivity index (χ3v) is 2.98. The molecule has 0 unspecified atom stereocenters.